The lowest BCUT2D eigenvalue weighted by atomic mass is 10.1. The maximum absolute atomic E-state index is 11.2. The number of nitrogens with zero attached hydrogens (tertiary/aromatic N) is 3. The number of carbonyl (C=O) groups is 1. The molecule has 0 spiro atoms. The molecule has 0 N–H and O–H groups in total. The summed E-state index contributed by atoms with van der Waals surface area (Å²) in [4.78, 5) is 30.2. The Morgan fingerprint density at radius 3 is 2.92 bits per heavy atom. The first kappa shape index (κ1) is 16.2. The number of fused-ring (bicyclic) bond motifs is 1. The summed E-state index contributed by atoms with van der Waals surface area (Å²) in [6.07, 6.45) is 1.75. The van der Waals surface area contributed by atoms with Crippen LogP contribution in [0.5, 0.6) is 5.75 Å². The van der Waals surface area contributed by atoms with E-state index < -0.39 is 5.91 Å². The molecule has 0 unspecified atom stereocenters. The van der Waals surface area contributed by atoms with E-state index in [4.69, 9.17) is 4.74 Å². The van der Waals surface area contributed by atoms with E-state index >= 15 is 0 Å². The van der Waals surface area contributed by atoms with E-state index in [1.165, 1.54) is 11.3 Å². The highest BCUT2D eigenvalue weighted by Crippen LogP contribution is 2.30. The average molecular weight is 341 g/mol. The highest BCUT2D eigenvalue weighted by molar-refractivity contribution is 7.17. The van der Waals surface area contributed by atoms with Crippen molar-refractivity contribution in [3.63, 3.8) is 0 Å². The normalized spacial score (nSPS) is 10.8. The molecule has 0 bridgehead atoms. The molecule has 3 aromatic rings. The maximum Gasteiger partial charge on any atom is 0.290 e. The summed E-state index contributed by atoms with van der Waals surface area (Å²) in [6.45, 7) is 4.15. The first-order chi connectivity index (χ1) is 11.6. The minimum Gasteiger partial charge on any atom is -0.487 e. The standard InChI is InChI=1S/C17H15N3O3S/c1-10-7-18-15(11(2)19-10)8-23-13-3-4-14-12(5-17(21)20-22)9-24-16(14)6-13/h3-4,6-7,9H,5,8H2,1-2H3. The van der Waals surface area contributed by atoms with Gasteiger partial charge < -0.3 is 4.74 Å². The summed E-state index contributed by atoms with van der Waals surface area (Å²) in [5.41, 5.74) is 3.35. The summed E-state index contributed by atoms with van der Waals surface area (Å²) in [7, 11) is 0. The quantitative estimate of drug-likeness (QED) is 0.661. The van der Waals surface area contributed by atoms with Crippen LogP contribution in [0.15, 0.2) is 35.0 Å². The number of aryl methyl sites for hydroxylation is 2. The van der Waals surface area contributed by atoms with Gasteiger partial charge in [-0.2, -0.15) is 0 Å². The molecule has 0 radical (unpaired) electrons. The molecule has 0 atom stereocenters. The van der Waals surface area contributed by atoms with Crippen molar-refractivity contribution >= 4 is 27.3 Å². The molecule has 3 rings (SSSR count). The molecular formula is C17H15N3O3S. The van der Waals surface area contributed by atoms with Crippen LogP contribution in [-0.2, 0) is 17.8 Å². The van der Waals surface area contributed by atoms with Gasteiger partial charge in [0.05, 0.1) is 23.5 Å². The minimum atomic E-state index is -0.663. The number of amides is 1. The Balaban J connectivity index is 1.76. The van der Waals surface area contributed by atoms with Crippen LogP contribution >= 0.6 is 11.3 Å². The molecule has 1 aromatic carbocycles. The molecule has 24 heavy (non-hydrogen) atoms. The molecule has 2 heterocycles. The predicted octanol–water partition coefficient (Wildman–Crippen LogP) is 3.72. The monoisotopic (exact) mass is 341 g/mol. The van der Waals surface area contributed by atoms with Crippen molar-refractivity contribution < 1.29 is 9.53 Å². The Labute approximate surface area is 142 Å². The van der Waals surface area contributed by atoms with Gasteiger partial charge in [-0.25, -0.2) is 0 Å². The summed E-state index contributed by atoms with van der Waals surface area (Å²) in [6, 6.07) is 5.65. The first-order valence-corrected chi connectivity index (χ1v) is 8.23. The van der Waals surface area contributed by atoms with Crippen molar-refractivity contribution in [2.45, 2.75) is 26.9 Å². The zero-order chi connectivity index (χ0) is 17.1. The molecule has 0 fully saturated rings. The zero-order valence-corrected chi connectivity index (χ0v) is 14.1. The van der Waals surface area contributed by atoms with Crippen LogP contribution < -0.4 is 4.74 Å². The number of hydrogen-bond donors (Lipinski definition) is 0. The Bertz CT molecular complexity index is 921. The number of carbonyl (C=O) groups excluding carboxylic acids is 1. The fourth-order valence-electron chi connectivity index (χ4n) is 2.40. The van der Waals surface area contributed by atoms with Crippen LogP contribution in [0.3, 0.4) is 0 Å². The number of rotatable bonds is 5. The molecule has 2 aromatic heterocycles. The van der Waals surface area contributed by atoms with Crippen LogP contribution in [0.2, 0.25) is 0 Å². The van der Waals surface area contributed by atoms with E-state index in [-0.39, 0.29) is 6.42 Å². The average Bonchev–Trinajstić information content (AvgIpc) is 2.96. The zero-order valence-electron chi connectivity index (χ0n) is 13.3. The van der Waals surface area contributed by atoms with Gasteiger partial charge >= 0.3 is 0 Å². The lowest BCUT2D eigenvalue weighted by Crippen LogP contribution is -2.03. The number of ether oxygens (including phenoxy) is 1. The Kier molecular flexibility index (Phi) is 4.61. The molecule has 122 valence electrons. The van der Waals surface area contributed by atoms with Gasteiger partial charge in [0.2, 0.25) is 0 Å². The molecule has 0 saturated carbocycles. The number of thiophene rings is 1. The summed E-state index contributed by atoms with van der Waals surface area (Å²) < 4.78 is 6.79. The Morgan fingerprint density at radius 1 is 1.33 bits per heavy atom. The number of nitroso groups, excluding NO2 is 1. The van der Waals surface area contributed by atoms with E-state index in [9.17, 15) is 9.70 Å². The van der Waals surface area contributed by atoms with E-state index in [1.54, 1.807) is 6.20 Å². The van der Waals surface area contributed by atoms with E-state index in [0.717, 1.165) is 38.5 Å². The second kappa shape index (κ2) is 6.84. The molecule has 0 aliphatic rings. The van der Waals surface area contributed by atoms with Crippen molar-refractivity contribution in [3.05, 3.63) is 57.3 Å². The second-order valence-corrected chi connectivity index (χ2v) is 6.32. The molecule has 7 heteroatoms. The largest absolute Gasteiger partial charge is 0.487 e. The molecule has 0 aliphatic heterocycles. The first-order valence-electron chi connectivity index (χ1n) is 7.35. The third-order valence-corrected chi connectivity index (χ3v) is 4.61. The van der Waals surface area contributed by atoms with Gasteiger partial charge in [-0.3, -0.25) is 14.8 Å². The third kappa shape index (κ3) is 3.46. The molecule has 0 aliphatic carbocycles. The van der Waals surface area contributed by atoms with Crippen LogP contribution in [0, 0.1) is 18.8 Å². The number of benzene rings is 1. The van der Waals surface area contributed by atoms with Crippen LogP contribution in [0.1, 0.15) is 22.6 Å². The Hall–Kier alpha value is -2.67. The lowest BCUT2D eigenvalue weighted by molar-refractivity contribution is -0.117. The summed E-state index contributed by atoms with van der Waals surface area (Å²) >= 11 is 1.50. The molecule has 6 nitrogen and oxygen atoms in total. The van der Waals surface area contributed by atoms with Gasteiger partial charge in [0.25, 0.3) is 5.91 Å². The smallest absolute Gasteiger partial charge is 0.290 e. The van der Waals surface area contributed by atoms with Crippen LogP contribution in [0.25, 0.3) is 10.1 Å². The van der Waals surface area contributed by atoms with Crippen LogP contribution in [-0.4, -0.2) is 15.9 Å². The van der Waals surface area contributed by atoms with E-state index in [2.05, 4.69) is 15.1 Å². The summed E-state index contributed by atoms with van der Waals surface area (Å²) in [5.74, 6) is 0.0564. The second-order valence-electron chi connectivity index (χ2n) is 5.41. The molecule has 1 amide bonds. The van der Waals surface area contributed by atoms with Gasteiger partial charge in [-0.05, 0) is 48.4 Å². The fraction of sp³-hybridized carbons (Fsp3) is 0.235. The van der Waals surface area contributed by atoms with Crippen molar-refractivity contribution in [2.75, 3.05) is 0 Å². The topological polar surface area (TPSA) is 81.5 Å². The summed E-state index contributed by atoms with van der Waals surface area (Å²) in [5, 5.41) is 5.25. The molecule has 0 saturated heterocycles. The third-order valence-electron chi connectivity index (χ3n) is 3.62. The highest BCUT2D eigenvalue weighted by Gasteiger charge is 2.10. The van der Waals surface area contributed by atoms with Crippen LogP contribution in [0.4, 0.5) is 0 Å². The van der Waals surface area contributed by atoms with Crippen molar-refractivity contribution in [2.24, 2.45) is 5.18 Å². The fourth-order valence-corrected chi connectivity index (χ4v) is 3.39. The maximum atomic E-state index is 11.2. The van der Waals surface area contributed by atoms with E-state index in [1.807, 2.05) is 37.4 Å². The van der Waals surface area contributed by atoms with Gasteiger partial charge in [0.15, 0.2) is 0 Å². The predicted molar refractivity (Wildman–Crippen MR) is 92.2 cm³/mol. The lowest BCUT2D eigenvalue weighted by Gasteiger charge is -2.08. The van der Waals surface area contributed by atoms with Gasteiger partial charge in [0, 0.05) is 16.1 Å². The van der Waals surface area contributed by atoms with Gasteiger partial charge in [-0.1, -0.05) is 0 Å². The van der Waals surface area contributed by atoms with E-state index in [0.29, 0.717) is 6.61 Å². The van der Waals surface area contributed by atoms with Crippen molar-refractivity contribution in [3.8, 4) is 5.75 Å². The highest BCUT2D eigenvalue weighted by atomic mass is 32.1. The van der Waals surface area contributed by atoms with Crippen molar-refractivity contribution in [1.29, 1.82) is 0 Å². The van der Waals surface area contributed by atoms with Gasteiger partial charge in [0.1, 0.15) is 12.4 Å². The SMILES string of the molecule is Cc1cnc(COc2ccc3c(CC(=O)N=O)csc3c2)c(C)n1. The minimum absolute atomic E-state index is 0.0296. The van der Waals surface area contributed by atoms with Crippen molar-refractivity contribution in [1.82, 2.24) is 9.97 Å². The van der Waals surface area contributed by atoms with Gasteiger partial charge in [-0.15, -0.1) is 16.2 Å². The number of aromatic nitrogens is 2. The number of hydrogen-bond acceptors (Lipinski definition) is 6. The molecular weight excluding hydrogens is 326 g/mol. The Morgan fingerprint density at radius 2 is 2.17 bits per heavy atom.